The van der Waals surface area contributed by atoms with Crippen molar-refractivity contribution in [3.05, 3.63) is 53.2 Å². The van der Waals surface area contributed by atoms with Gasteiger partial charge in [0.2, 0.25) is 5.88 Å². The summed E-state index contributed by atoms with van der Waals surface area (Å²) in [6.07, 6.45) is 3.56. The molecular formula is C20H29IN4O2. The zero-order valence-electron chi connectivity index (χ0n) is 16.2. The van der Waals surface area contributed by atoms with Crippen LogP contribution >= 0.6 is 24.0 Å². The maximum absolute atomic E-state index is 6.13. The largest absolute Gasteiger partial charge is 0.475 e. The van der Waals surface area contributed by atoms with E-state index >= 15 is 0 Å². The van der Waals surface area contributed by atoms with E-state index in [0.717, 1.165) is 24.1 Å². The zero-order valence-corrected chi connectivity index (χ0v) is 18.5. The third-order valence-electron chi connectivity index (χ3n) is 4.05. The zero-order chi connectivity index (χ0) is 18.8. The van der Waals surface area contributed by atoms with E-state index in [1.807, 2.05) is 12.1 Å². The number of para-hydroxylation sites is 1. The Balaban J connectivity index is 0.00000364. The van der Waals surface area contributed by atoms with Crippen molar-refractivity contribution in [1.29, 1.82) is 0 Å². The number of rotatable bonds is 9. The molecule has 6 nitrogen and oxygen atoms in total. The van der Waals surface area contributed by atoms with Crippen LogP contribution in [0.2, 0.25) is 0 Å². The molecule has 7 heteroatoms. The van der Waals surface area contributed by atoms with E-state index in [1.54, 1.807) is 13.3 Å². The van der Waals surface area contributed by atoms with E-state index < -0.39 is 0 Å². The summed E-state index contributed by atoms with van der Waals surface area (Å²) in [5.41, 5.74) is 10.5. The van der Waals surface area contributed by atoms with Crippen molar-refractivity contribution in [2.24, 2.45) is 10.7 Å². The average molecular weight is 484 g/mol. The number of nitrogens with zero attached hydrogens (tertiary/aromatic N) is 2. The van der Waals surface area contributed by atoms with Crippen LogP contribution in [0.15, 0.2) is 41.5 Å². The SMILES string of the molecule is CCc1cccc(CC)c1NC(N)=NCc1cccnc1OCCOC.I. The molecule has 148 valence electrons. The van der Waals surface area contributed by atoms with Gasteiger partial charge in [0.25, 0.3) is 0 Å². The van der Waals surface area contributed by atoms with Gasteiger partial charge in [-0.1, -0.05) is 38.1 Å². The van der Waals surface area contributed by atoms with Crippen LogP contribution in [0.5, 0.6) is 5.88 Å². The van der Waals surface area contributed by atoms with Gasteiger partial charge in [0, 0.05) is 24.6 Å². The fourth-order valence-electron chi connectivity index (χ4n) is 2.64. The van der Waals surface area contributed by atoms with Crippen LogP contribution in [0.3, 0.4) is 0 Å². The quantitative estimate of drug-likeness (QED) is 0.245. The van der Waals surface area contributed by atoms with Crippen molar-refractivity contribution in [2.75, 3.05) is 25.6 Å². The first-order chi connectivity index (χ1) is 12.7. The van der Waals surface area contributed by atoms with Gasteiger partial charge in [0.1, 0.15) is 6.61 Å². The number of methoxy groups -OCH3 is 1. The lowest BCUT2D eigenvalue weighted by molar-refractivity contribution is 0.143. The summed E-state index contributed by atoms with van der Waals surface area (Å²) in [5.74, 6) is 0.941. The molecule has 0 fully saturated rings. The first-order valence-corrected chi connectivity index (χ1v) is 8.92. The number of guanidine groups is 1. The monoisotopic (exact) mass is 484 g/mol. The lowest BCUT2D eigenvalue weighted by Gasteiger charge is -2.15. The Bertz CT molecular complexity index is 715. The van der Waals surface area contributed by atoms with Crippen LogP contribution < -0.4 is 15.8 Å². The van der Waals surface area contributed by atoms with Gasteiger partial charge in [-0.15, -0.1) is 24.0 Å². The van der Waals surface area contributed by atoms with Crippen LogP contribution in [-0.4, -0.2) is 31.3 Å². The third kappa shape index (κ3) is 6.99. The van der Waals surface area contributed by atoms with Gasteiger partial charge in [-0.25, -0.2) is 9.98 Å². The van der Waals surface area contributed by atoms with Gasteiger partial charge in [-0.2, -0.15) is 0 Å². The summed E-state index contributed by atoms with van der Waals surface area (Å²) >= 11 is 0. The second kappa shape index (κ2) is 12.5. The number of anilines is 1. The molecule has 0 saturated heterocycles. The first-order valence-electron chi connectivity index (χ1n) is 8.92. The molecule has 3 N–H and O–H groups in total. The van der Waals surface area contributed by atoms with Gasteiger partial charge in [-0.3, -0.25) is 0 Å². The van der Waals surface area contributed by atoms with E-state index in [2.05, 4.69) is 47.3 Å². The molecule has 0 unspecified atom stereocenters. The van der Waals surface area contributed by atoms with Crippen molar-refractivity contribution in [3.8, 4) is 5.88 Å². The van der Waals surface area contributed by atoms with Crippen molar-refractivity contribution in [2.45, 2.75) is 33.2 Å². The van der Waals surface area contributed by atoms with Gasteiger partial charge >= 0.3 is 0 Å². The Morgan fingerprint density at radius 2 is 1.74 bits per heavy atom. The summed E-state index contributed by atoms with van der Waals surface area (Å²) in [5, 5.41) is 3.27. The van der Waals surface area contributed by atoms with E-state index in [4.69, 9.17) is 15.2 Å². The number of halogens is 1. The molecule has 1 aromatic carbocycles. The molecule has 2 rings (SSSR count). The van der Waals surface area contributed by atoms with Crippen molar-refractivity contribution < 1.29 is 9.47 Å². The molecule has 0 aliphatic carbocycles. The summed E-state index contributed by atoms with van der Waals surface area (Å²) in [7, 11) is 1.64. The molecule has 0 aliphatic heterocycles. The number of hydrogen-bond acceptors (Lipinski definition) is 4. The van der Waals surface area contributed by atoms with Crippen LogP contribution in [0.4, 0.5) is 5.69 Å². The number of pyridine rings is 1. The number of benzene rings is 1. The first kappa shape index (κ1) is 23.2. The average Bonchev–Trinajstić information content (AvgIpc) is 2.67. The van der Waals surface area contributed by atoms with E-state index in [1.165, 1.54) is 11.1 Å². The van der Waals surface area contributed by atoms with Crippen LogP contribution in [-0.2, 0) is 24.1 Å². The molecule has 0 amide bonds. The van der Waals surface area contributed by atoms with Crippen LogP contribution in [0, 0.1) is 0 Å². The second-order valence-electron chi connectivity index (χ2n) is 5.79. The lowest BCUT2D eigenvalue weighted by Crippen LogP contribution is -2.24. The minimum Gasteiger partial charge on any atom is -0.475 e. The Labute approximate surface area is 178 Å². The molecule has 27 heavy (non-hydrogen) atoms. The van der Waals surface area contributed by atoms with Crippen LogP contribution in [0.25, 0.3) is 0 Å². The minimum atomic E-state index is 0. The lowest BCUT2D eigenvalue weighted by atomic mass is 10.0. The normalized spacial score (nSPS) is 11.0. The Hall–Kier alpha value is -1.87. The standard InChI is InChI=1S/C20H28N4O2.HI/c1-4-15-8-6-9-16(5-2)18(15)24-20(21)23-14-17-10-7-11-22-19(17)26-13-12-25-3;/h6-11H,4-5,12-14H2,1-3H3,(H3,21,23,24);1H. The summed E-state index contributed by atoms with van der Waals surface area (Å²) in [6, 6.07) is 10.1. The van der Waals surface area contributed by atoms with E-state index in [9.17, 15) is 0 Å². The van der Waals surface area contributed by atoms with E-state index in [0.29, 0.717) is 31.6 Å². The second-order valence-corrected chi connectivity index (χ2v) is 5.79. The Morgan fingerprint density at radius 1 is 1.07 bits per heavy atom. The Morgan fingerprint density at radius 3 is 2.37 bits per heavy atom. The van der Waals surface area contributed by atoms with Crippen LogP contribution in [0.1, 0.15) is 30.5 Å². The molecule has 1 heterocycles. The topological polar surface area (TPSA) is 81.8 Å². The van der Waals surface area contributed by atoms with Gasteiger partial charge < -0.3 is 20.5 Å². The molecule has 0 radical (unpaired) electrons. The smallest absolute Gasteiger partial charge is 0.218 e. The number of aryl methyl sites for hydroxylation is 2. The van der Waals surface area contributed by atoms with Crippen molar-refractivity contribution in [1.82, 2.24) is 4.98 Å². The van der Waals surface area contributed by atoms with E-state index in [-0.39, 0.29) is 24.0 Å². The van der Waals surface area contributed by atoms with Gasteiger partial charge in [0.05, 0.1) is 13.2 Å². The molecule has 0 saturated carbocycles. The highest BCUT2D eigenvalue weighted by Crippen LogP contribution is 2.22. The molecule has 0 bridgehead atoms. The summed E-state index contributed by atoms with van der Waals surface area (Å²) in [4.78, 5) is 8.72. The highest BCUT2D eigenvalue weighted by molar-refractivity contribution is 14.0. The molecular weight excluding hydrogens is 455 g/mol. The Kier molecular flexibility index (Phi) is 10.7. The van der Waals surface area contributed by atoms with Crippen molar-refractivity contribution in [3.63, 3.8) is 0 Å². The molecule has 1 aromatic heterocycles. The summed E-state index contributed by atoms with van der Waals surface area (Å²) in [6.45, 7) is 5.61. The predicted octanol–water partition coefficient (Wildman–Crippen LogP) is 3.78. The highest BCUT2D eigenvalue weighted by Gasteiger charge is 2.08. The van der Waals surface area contributed by atoms with Crippen molar-refractivity contribution >= 4 is 35.6 Å². The number of aliphatic imine (C=N–C) groups is 1. The molecule has 2 aromatic rings. The van der Waals surface area contributed by atoms with Gasteiger partial charge in [-0.05, 0) is 30.0 Å². The summed E-state index contributed by atoms with van der Waals surface area (Å²) < 4.78 is 10.6. The fraction of sp³-hybridized carbons (Fsp3) is 0.400. The fourth-order valence-corrected chi connectivity index (χ4v) is 2.64. The minimum absolute atomic E-state index is 0. The maximum Gasteiger partial charge on any atom is 0.218 e. The molecule has 0 atom stereocenters. The number of nitrogens with one attached hydrogen (secondary N) is 1. The number of hydrogen-bond donors (Lipinski definition) is 2. The number of ether oxygens (including phenoxy) is 2. The number of nitrogens with two attached hydrogens (primary N) is 1. The molecule has 0 aliphatic rings. The number of aromatic nitrogens is 1. The molecule has 0 spiro atoms. The predicted molar refractivity (Wildman–Crippen MR) is 121 cm³/mol. The maximum atomic E-state index is 6.13. The van der Waals surface area contributed by atoms with Gasteiger partial charge in [0.15, 0.2) is 5.96 Å². The third-order valence-corrected chi connectivity index (χ3v) is 4.05. The highest BCUT2D eigenvalue weighted by atomic mass is 127.